The average molecular weight is 519 g/mol. The molecule has 2 amide bonds. The number of fused-ring (bicyclic) bond motifs is 2. The van der Waals surface area contributed by atoms with Gasteiger partial charge >= 0.3 is 0 Å². The molecule has 2 aromatic carbocycles. The van der Waals surface area contributed by atoms with Crippen LogP contribution >= 0.6 is 11.6 Å². The summed E-state index contributed by atoms with van der Waals surface area (Å²) in [5.74, 6) is -0.930. The molecule has 188 valence electrons. The van der Waals surface area contributed by atoms with Crippen LogP contribution in [0.2, 0.25) is 5.02 Å². The molecule has 8 nitrogen and oxygen atoms in total. The lowest BCUT2D eigenvalue weighted by molar-refractivity contribution is -0.121. The first kappa shape index (κ1) is 23.6. The molecule has 1 fully saturated rings. The van der Waals surface area contributed by atoms with Crippen molar-refractivity contribution in [2.24, 2.45) is 0 Å². The number of likely N-dealkylation sites (N-methyl/N-ethyl adjacent to an activating group) is 1. The highest BCUT2D eigenvalue weighted by Gasteiger charge is 2.36. The van der Waals surface area contributed by atoms with Crippen molar-refractivity contribution in [3.8, 4) is 11.1 Å². The average Bonchev–Trinajstić information content (AvgIpc) is 3.49. The summed E-state index contributed by atoms with van der Waals surface area (Å²) in [6.07, 6.45) is 6.06. The summed E-state index contributed by atoms with van der Waals surface area (Å²) in [5, 5.41) is 10.6. The van der Waals surface area contributed by atoms with Crippen LogP contribution in [0, 0.1) is 5.82 Å². The predicted molar refractivity (Wildman–Crippen MR) is 138 cm³/mol. The number of aromatic nitrogens is 3. The molecule has 0 radical (unpaired) electrons. The third-order valence-corrected chi connectivity index (χ3v) is 7.54. The first-order chi connectivity index (χ1) is 17.9. The molecular formula is C27H24ClFN6O2. The lowest BCUT2D eigenvalue weighted by Crippen LogP contribution is -2.44. The van der Waals surface area contributed by atoms with Gasteiger partial charge in [-0.3, -0.25) is 14.5 Å². The molecule has 0 spiro atoms. The fourth-order valence-corrected chi connectivity index (χ4v) is 5.51. The molecule has 0 aliphatic carbocycles. The monoisotopic (exact) mass is 518 g/mol. The highest BCUT2D eigenvalue weighted by atomic mass is 35.5. The summed E-state index contributed by atoms with van der Waals surface area (Å²) in [5.41, 5.74) is 4.09. The molecule has 2 aromatic heterocycles. The van der Waals surface area contributed by atoms with E-state index in [9.17, 15) is 14.0 Å². The van der Waals surface area contributed by atoms with Crippen LogP contribution in [0.15, 0.2) is 55.0 Å². The van der Waals surface area contributed by atoms with E-state index in [1.165, 1.54) is 24.5 Å². The molecule has 0 bridgehead atoms. The van der Waals surface area contributed by atoms with Gasteiger partial charge in [-0.25, -0.2) is 13.9 Å². The number of nitrogens with one attached hydrogen (secondary N) is 2. The van der Waals surface area contributed by atoms with Crippen LogP contribution in [-0.2, 0) is 4.79 Å². The van der Waals surface area contributed by atoms with Crippen molar-refractivity contribution in [3.05, 3.63) is 82.5 Å². The summed E-state index contributed by atoms with van der Waals surface area (Å²) < 4.78 is 15.8. The maximum atomic E-state index is 14.2. The zero-order valence-corrected chi connectivity index (χ0v) is 20.8. The lowest BCUT2D eigenvalue weighted by atomic mass is 9.92. The van der Waals surface area contributed by atoms with Gasteiger partial charge in [0, 0.05) is 39.2 Å². The highest BCUT2D eigenvalue weighted by molar-refractivity contribution is 6.31. The number of carbonyl (C=O) groups excluding carboxylic acids is 2. The molecular weight excluding hydrogens is 495 g/mol. The largest absolute Gasteiger partial charge is 0.341 e. The number of pyridine rings is 1. The van der Waals surface area contributed by atoms with E-state index >= 15 is 0 Å². The van der Waals surface area contributed by atoms with Crippen LogP contribution in [0.1, 0.15) is 46.8 Å². The number of likely N-dealkylation sites (tertiary alicyclic amines) is 1. The molecule has 2 aliphatic rings. The Morgan fingerprint density at radius 2 is 2.03 bits per heavy atom. The van der Waals surface area contributed by atoms with Gasteiger partial charge in [0.05, 0.1) is 12.1 Å². The Hall–Kier alpha value is -3.82. The van der Waals surface area contributed by atoms with Gasteiger partial charge < -0.3 is 10.6 Å². The van der Waals surface area contributed by atoms with E-state index in [0.29, 0.717) is 33.0 Å². The van der Waals surface area contributed by atoms with Crippen LogP contribution in [-0.4, -0.2) is 50.9 Å². The van der Waals surface area contributed by atoms with Crippen LogP contribution in [0.4, 0.5) is 10.1 Å². The number of hydrogen-bond donors (Lipinski definition) is 2. The maximum Gasteiger partial charge on any atom is 0.252 e. The van der Waals surface area contributed by atoms with E-state index in [-0.39, 0.29) is 17.9 Å². The second-order valence-electron chi connectivity index (χ2n) is 9.52. The zero-order chi connectivity index (χ0) is 25.7. The van der Waals surface area contributed by atoms with Gasteiger partial charge in [0.2, 0.25) is 5.91 Å². The van der Waals surface area contributed by atoms with Crippen molar-refractivity contribution in [1.82, 2.24) is 24.8 Å². The van der Waals surface area contributed by atoms with Gasteiger partial charge in [-0.15, -0.1) is 0 Å². The first-order valence-corrected chi connectivity index (χ1v) is 12.5. The van der Waals surface area contributed by atoms with E-state index < -0.39 is 11.9 Å². The molecule has 10 heteroatoms. The Balaban J connectivity index is 1.49. The summed E-state index contributed by atoms with van der Waals surface area (Å²) >= 11 is 6.43. The molecule has 4 heterocycles. The summed E-state index contributed by atoms with van der Waals surface area (Å²) in [6, 6.07) is 10.4. The molecule has 6 rings (SSSR count). The SMILES string of the molecule is CN1CCCC[C@H]1C(=O)Nc1cc(-c2ccc3ncnn3c2)cc2c1[C@@H](c1cc(F)ccc1Cl)NC2=O. The van der Waals surface area contributed by atoms with Crippen LogP contribution in [0.5, 0.6) is 0 Å². The van der Waals surface area contributed by atoms with Gasteiger partial charge in [0.1, 0.15) is 12.1 Å². The molecule has 2 atom stereocenters. The Morgan fingerprint density at radius 3 is 2.86 bits per heavy atom. The van der Waals surface area contributed by atoms with E-state index in [1.807, 2.05) is 36.3 Å². The van der Waals surface area contributed by atoms with Gasteiger partial charge in [0.15, 0.2) is 5.65 Å². The Bertz CT molecular complexity index is 1550. The third-order valence-electron chi connectivity index (χ3n) is 7.20. The molecule has 2 aliphatic heterocycles. The quantitative estimate of drug-likeness (QED) is 0.416. The minimum atomic E-state index is -0.711. The van der Waals surface area contributed by atoms with Crippen molar-refractivity contribution in [1.29, 1.82) is 0 Å². The number of carbonyl (C=O) groups is 2. The smallest absolute Gasteiger partial charge is 0.252 e. The summed E-state index contributed by atoms with van der Waals surface area (Å²) in [6.45, 7) is 0.843. The first-order valence-electron chi connectivity index (χ1n) is 12.1. The topological polar surface area (TPSA) is 91.6 Å². The standard InChI is InChI=1S/C27H24ClFN6O2/c1-34-9-3-2-4-22(34)27(37)32-21-11-16(15-5-8-23-30-14-31-35(23)13-15)10-19-24(21)25(33-26(19)36)18-12-17(29)6-7-20(18)28/h5-8,10-14,22,25H,2-4,9H2,1H3,(H,32,37)(H,33,36)/t22-,25+/m0/s1. The summed E-state index contributed by atoms with van der Waals surface area (Å²) in [4.78, 5) is 32.9. The zero-order valence-electron chi connectivity index (χ0n) is 20.0. The number of benzene rings is 2. The van der Waals surface area contributed by atoms with Gasteiger partial charge in [-0.2, -0.15) is 5.10 Å². The highest BCUT2D eigenvalue weighted by Crippen LogP contribution is 2.42. The van der Waals surface area contributed by atoms with E-state index in [4.69, 9.17) is 11.6 Å². The van der Waals surface area contributed by atoms with Gasteiger partial charge in [-0.1, -0.05) is 18.0 Å². The summed E-state index contributed by atoms with van der Waals surface area (Å²) in [7, 11) is 1.94. The molecule has 37 heavy (non-hydrogen) atoms. The maximum absolute atomic E-state index is 14.2. The number of halogens is 2. The normalized spacial score (nSPS) is 19.6. The lowest BCUT2D eigenvalue weighted by Gasteiger charge is -2.31. The van der Waals surface area contributed by atoms with E-state index in [2.05, 4.69) is 20.7 Å². The Morgan fingerprint density at radius 1 is 1.16 bits per heavy atom. The van der Waals surface area contributed by atoms with Gasteiger partial charge in [-0.05, 0) is 74.5 Å². The number of piperidine rings is 1. The third kappa shape index (κ3) is 4.24. The minimum absolute atomic E-state index is 0.142. The fourth-order valence-electron chi connectivity index (χ4n) is 5.28. The number of amides is 2. The van der Waals surface area contributed by atoms with Crippen molar-refractivity contribution in [3.63, 3.8) is 0 Å². The molecule has 1 saturated heterocycles. The molecule has 2 N–H and O–H groups in total. The van der Waals surface area contributed by atoms with Crippen LogP contribution < -0.4 is 10.6 Å². The van der Waals surface area contributed by atoms with E-state index in [1.54, 1.807) is 10.6 Å². The predicted octanol–water partition coefficient (Wildman–Crippen LogP) is 4.44. The van der Waals surface area contributed by atoms with Crippen molar-refractivity contribution >= 4 is 34.7 Å². The van der Waals surface area contributed by atoms with Crippen molar-refractivity contribution in [2.45, 2.75) is 31.3 Å². The van der Waals surface area contributed by atoms with Gasteiger partial charge in [0.25, 0.3) is 5.91 Å². The Kier molecular flexibility index (Phi) is 5.89. The molecule has 0 saturated carbocycles. The minimum Gasteiger partial charge on any atom is -0.341 e. The second-order valence-corrected chi connectivity index (χ2v) is 9.93. The number of nitrogens with zero attached hydrogens (tertiary/aromatic N) is 4. The second kappa shape index (κ2) is 9.24. The molecule has 4 aromatic rings. The van der Waals surface area contributed by atoms with Crippen molar-refractivity contribution < 1.29 is 14.0 Å². The van der Waals surface area contributed by atoms with E-state index in [0.717, 1.165) is 36.9 Å². The van der Waals surface area contributed by atoms with Crippen LogP contribution in [0.3, 0.4) is 0 Å². The number of hydrogen-bond acceptors (Lipinski definition) is 5. The number of rotatable bonds is 4. The fraction of sp³-hybridized carbons (Fsp3) is 0.259. The Labute approximate surface area is 217 Å². The molecule has 0 unspecified atom stereocenters. The van der Waals surface area contributed by atoms with Crippen molar-refractivity contribution in [2.75, 3.05) is 18.9 Å². The van der Waals surface area contributed by atoms with Crippen LogP contribution in [0.25, 0.3) is 16.8 Å². The number of anilines is 1.